The van der Waals surface area contributed by atoms with Crippen LogP contribution in [0.15, 0.2) is 77.4 Å². The zero-order valence-corrected chi connectivity index (χ0v) is 20.5. The second-order valence-electron chi connectivity index (χ2n) is 8.80. The molecule has 0 bridgehead atoms. The smallest absolute Gasteiger partial charge is 0.269 e. The van der Waals surface area contributed by atoms with Crippen LogP contribution in [0.2, 0.25) is 0 Å². The van der Waals surface area contributed by atoms with Crippen LogP contribution in [0.5, 0.6) is 0 Å². The summed E-state index contributed by atoms with van der Waals surface area (Å²) in [5, 5.41) is 11.0. The summed E-state index contributed by atoms with van der Waals surface area (Å²) in [5.74, 6) is 0.0671. The maximum atomic E-state index is 13.6. The van der Waals surface area contributed by atoms with Gasteiger partial charge >= 0.3 is 0 Å². The van der Waals surface area contributed by atoms with Crippen molar-refractivity contribution in [1.82, 2.24) is 14.7 Å². The van der Waals surface area contributed by atoms with Crippen molar-refractivity contribution in [2.24, 2.45) is 0 Å². The molecule has 0 radical (unpaired) electrons. The van der Waals surface area contributed by atoms with Crippen molar-refractivity contribution in [3.8, 4) is 0 Å². The number of nitrogens with zero attached hydrogens (tertiary/aromatic N) is 4. The molecule has 1 aromatic heterocycles. The lowest BCUT2D eigenvalue weighted by Gasteiger charge is -2.31. The molecule has 2 heterocycles. The number of nitro groups is 1. The summed E-state index contributed by atoms with van der Waals surface area (Å²) in [6, 6.07) is 18.7. The second-order valence-corrected chi connectivity index (χ2v) is 8.80. The highest BCUT2D eigenvalue weighted by Gasteiger charge is 2.25. The quantitative estimate of drug-likeness (QED) is 0.290. The van der Waals surface area contributed by atoms with E-state index >= 15 is 0 Å². The molecule has 10 nitrogen and oxygen atoms in total. The van der Waals surface area contributed by atoms with Gasteiger partial charge in [0.15, 0.2) is 0 Å². The van der Waals surface area contributed by atoms with Crippen LogP contribution in [0.4, 0.5) is 5.69 Å². The van der Waals surface area contributed by atoms with E-state index < -0.39 is 4.92 Å². The van der Waals surface area contributed by atoms with Gasteiger partial charge in [-0.1, -0.05) is 30.3 Å². The first kappa shape index (κ1) is 26.1. The van der Waals surface area contributed by atoms with E-state index in [0.29, 0.717) is 44.2 Å². The maximum absolute atomic E-state index is 13.6. The van der Waals surface area contributed by atoms with E-state index in [0.717, 1.165) is 18.7 Å². The van der Waals surface area contributed by atoms with Gasteiger partial charge in [-0.2, -0.15) is 0 Å². The fraction of sp³-hybridized carbons (Fsp3) is 0.333. The van der Waals surface area contributed by atoms with Gasteiger partial charge in [0.1, 0.15) is 12.3 Å². The molecule has 10 heteroatoms. The van der Waals surface area contributed by atoms with E-state index in [2.05, 4.69) is 4.90 Å². The molecule has 37 heavy (non-hydrogen) atoms. The highest BCUT2D eigenvalue weighted by Crippen LogP contribution is 2.16. The summed E-state index contributed by atoms with van der Waals surface area (Å²) in [6.07, 6.45) is 1.56. The minimum atomic E-state index is -0.510. The molecule has 0 N–H and O–H groups in total. The van der Waals surface area contributed by atoms with Crippen LogP contribution < -0.4 is 0 Å². The fourth-order valence-corrected chi connectivity index (χ4v) is 4.14. The lowest BCUT2D eigenvalue weighted by atomic mass is 10.1. The Bertz CT molecular complexity index is 1160. The molecular weight excluding hydrogens is 476 g/mol. The Hall–Kier alpha value is -4.02. The molecule has 1 aliphatic heterocycles. The molecule has 4 rings (SSSR count). The number of benzene rings is 2. The average molecular weight is 507 g/mol. The minimum Gasteiger partial charge on any atom is -0.467 e. The van der Waals surface area contributed by atoms with Gasteiger partial charge in [0, 0.05) is 50.4 Å². The van der Waals surface area contributed by atoms with Crippen LogP contribution in [0.25, 0.3) is 0 Å². The van der Waals surface area contributed by atoms with Gasteiger partial charge in [-0.25, -0.2) is 0 Å². The molecule has 1 saturated heterocycles. The molecule has 3 aromatic rings. The van der Waals surface area contributed by atoms with Gasteiger partial charge < -0.3 is 19.0 Å². The first-order valence-electron chi connectivity index (χ1n) is 12.2. The predicted molar refractivity (Wildman–Crippen MR) is 136 cm³/mol. The Morgan fingerprint density at radius 1 is 0.919 bits per heavy atom. The lowest BCUT2D eigenvalue weighted by Crippen LogP contribution is -2.47. The number of carbonyl (C=O) groups is 2. The highest BCUT2D eigenvalue weighted by molar-refractivity contribution is 5.96. The average Bonchev–Trinajstić information content (AvgIpc) is 3.44. The van der Waals surface area contributed by atoms with Crippen LogP contribution >= 0.6 is 0 Å². The Morgan fingerprint density at radius 3 is 2.30 bits per heavy atom. The van der Waals surface area contributed by atoms with E-state index in [-0.39, 0.29) is 30.6 Å². The number of nitro benzene ring substituents is 1. The number of amides is 2. The third-order valence-electron chi connectivity index (χ3n) is 6.22. The fourth-order valence-electron chi connectivity index (χ4n) is 4.14. The van der Waals surface area contributed by atoms with Gasteiger partial charge in [0.25, 0.3) is 11.6 Å². The number of morpholine rings is 1. The number of hydrogen-bond donors (Lipinski definition) is 0. The van der Waals surface area contributed by atoms with E-state index in [4.69, 9.17) is 9.15 Å². The molecule has 0 aliphatic carbocycles. The van der Waals surface area contributed by atoms with Crippen LogP contribution in [-0.2, 0) is 22.6 Å². The Labute approximate surface area is 215 Å². The molecule has 1 fully saturated rings. The van der Waals surface area contributed by atoms with Crippen LogP contribution in [0.1, 0.15) is 21.7 Å². The Morgan fingerprint density at radius 2 is 1.65 bits per heavy atom. The standard InChI is InChI=1S/C27H30N4O6/c32-26(30(20-25-7-4-16-37-25)19-22-5-2-1-3-6-22)21-29(13-12-28-14-17-36-18-15-28)27(33)23-8-10-24(11-9-23)31(34)35/h1-11,16H,12-15,17-21H2. The molecule has 0 saturated carbocycles. The topological polar surface area (TPSA) is 109 Å². The SMILES string of the molecule is O=C(CN(CCN1CCOCC1)C(=O)c1ccc([N+](=O)[O-])cc1)N(Cc1ccccc1)Cc1ccco1. The summed E-state index contributed by atoms with van der Waals surface area (Å²) in [4.78, 5) is 42.9. The third kappa shape index (κ3) is 7.48. The van der Waals surface area contributed by atoms with Gasteiger partial charge in [-0.3, -0.25) is 24.6 Å². The number of furan rings is 1. The van der Waals surface area contributed by atoms with Crippen molar-refractivity contribution >= 4 is 17.5 Å². The highest BCUT2D eigenvalue weighted by atomic mass is 16.6. The van der Waals surface area contributed by atoms with Gasteiger partial charge in [0.05, 0.1) is 30.9 Å². The van der Waals surface area contributed by atoms with Crippen molar-refractivity contribution in [2.75, 3.05) is 45.9 Å². The normalized spacial score (nSPS) is 13.7. The predicted octanol–water partition coefficient (Wildman–Crippen LogP) is 3.19. The third-order valence-corrected chi connectivity index (χ3v) is 6.22. The van der Waals surface area contributed by atoms with E-state index in [1.54, 1.807) is 17.2 Å². The van der Waals surface area contributed by atoms with Crippen LogP contribution in [0.3, 0.4) is 0 Å². The molecule has 0 unspecified atom stereocenters. The van der Waals surface area contributed by atoms with Crippen molar-refractivity contribution in [3.05, 3.63) is 100.0 Å². The summed E-state index contributed by atoms with van der Waals surface area (Å²) in [5.41, 5.74) is 1.16. The van der Waals surface area contributed by atoms with Crippen LogP contribution in [-0.4, -0.2) is 77.4 Å². The van der Waals surface area contributed by atoms with Gasteiger partial charge in [-0.05, 0) is 29.8 Å². The van der Waals surface area contributed by atoms with Gasteiger partial charge in [-0.15, -0.1) is 0 Å². The van der Waals surface area contributed by atoms with E-state index in [1.165, 1.54) is 29.2 Å². The first-order chi connectivity index (χ1) is 18.0. The molecule has 0 atom stereocenters. The molecule has 0 spiro atoms. The molecule has 194 valence electrons. The molecular formula is C27H30N4O6. The molecule has 2 aromatic carbocycles. The zero-order valence-electron chi connectivity index (χ0n) is 20.5. The van der Waals surface area contributed by atoms with Crippen molar-refractivity contribution in [3.63, 3.8) is 0 Å². The number of ether oxygens (including phenoxy) is 1. The maximum Gasteiger partial charge on any atom is 0.269 e. The van der Waals surface area contributed by atoms with E-state index in [1.807, 2.05) is 36.4 Å². The molecule has 2 amide bonds. The Balaban J connectivity index is 1.52. The second kappa shape index (κ2) is 12.8. The summed E-state index contributed by atoms with van der Waals surface area (Å²) in [6.45, 7) is 4.19. The van der Waals surface area contributed by atoms with Crippen molar-refractivity contribution in [1.29, 1.82) is 0 Å². The molecule has 1 aliphatic rings. The lowest BCUT2D eigenvalue weighted by molar-refractivity contribution is -0.384. The summed E-state index contributed by atoms with van der Waals surface area (Å²) in [7, 11) is 0. The largest absolute Gasteiger partial charge is 0.467 e. The van der Waals surface area contributed by atoms with Crippen molar-refractivity contribution < 1.29 is 23.7 Å². The summed E-state index contributed by atoms with van der Waals surface area (Å²) < 4.78 is 10.9. The van der Waals surface area contributed by atoms with Crippen molar-refractivity contribution in [2.45, 2.75) is 13.1 Å². The number of hydrogen-bond acceptors (Lipinski definition) is 7. The Kier molecular flexibility index (Phi) is 9.01. The minimum absolute atomic E-state index is 0.0972. The number of rotatable bonds is 11. The van der Waals surface area contributed by atoms with Crippen LogP contribution in [0, 0.1) is 10.1 Å². The van der Waals surface area contributed by atoms with E-state index in [9.17, 15) is 19.7 Å². The monoisotopic (exact) mass is 506 g/mol. The first-order valence-corrected chi connectivity index (χ1v) is 12.2. The summed E-state index contributed by atoms with van der Waals surface area (Å²) >= 11 is 0. The zero-order chi connectivity index (χ0) is 26.0. The van der Waals surface area contributed by atoms with Gasteiger partial charge in [0.2, 0.25) is 5.91 Å². The number of carbonyl (C=O) groups excluding carboxylic acids is 2. The number of non-ortho nitro benzene ring substituents is 1.